The van der Waals surface area contributed by atoms with Crippen LogP contribution in [-0.4, -0.2) is 9.55 Å². The van der Waals surface area contributed by atoms with Gasteiger partial charge in [0.05, 0.1) is 11.0 Å². The highest BCUT2D eigenvalue weighted by Gasteiger charge is 2.20. The van der Waals surface area contributed by atoms with Crippen molar-refractivity contribution in [2.24, 2.45) is 0 Å². The molecule has 0 aliphatic rings. The minimum absolute atomic E-state index is 0.881. The standard InChI is InChI=1S/C45H29N3/c1-4-12-33(13-5-1)47(34-14-6-2-7-15-34)42-27-23-32(29-46-42)36-24-20-30-21-26-39-44-31(22-25-37(36)43(30)44)28-41-45(39)38-18-10-11-19-40(38)48(41)35-16-8-3-9-17-35/h1-29H. The van der Waals surface area contributed by atoms with E-state index in [0.29, 0.717) is 0 Å². The van der Waals surface area contributed by atoms with Gasteiger partial charge in [0, 0.05) is 39.6 Å². The molecule has 10 aromatic rings. The van der Waals surface area contributed by atoms with Gasteiger partial charge in [-0.25, -0.2) is 4.98 Å². The zero-order valence-corrected chi connectivity index (χ0v) is 26.1. The lowest BCUT2D eigenvalue weighted by atomic mass is 9.89. The van der Waals surface area contributed by atoms with Gasteiger partial charge in [-0.05, 0) is 98.5 Å². The summed E-state index contributed by atoms with van der Waals surface area (Å²) in [5.41, 5.74) is 8.07. The first kappa shape index (κ1) is 26.7. The van der Waals surface area contributed by atoms with Gasteiger partial charge in [0.15, 0.2) is 0 Å². The first-order valence-corrected chi connectivity index (χ1v) is 16.4. The first-order chi connectivity index (χ1) is 23.8. The molecule has 0 unspecified atom stereocenters. The molecule has 0 amide bonds. The third-order valence-corrected chi connectivity index (χ3v) is 9.75. The lowest BCUT2D eigenvalue weighted by molar-refractivity contribution is 1.18. The Labute approximate surface area is 277 Å². The van der Waals surface area contributed by atoms with Gasteiger partial charge in [-0.2, -0.15) is 0 Å². The van der Waals surface area contributed by atoms with E-state index in [-0.39, 0.29) is 0 Å². The van der Waals surface area contributed by atoms with Crippen LogP contribution in [0.3, 0.4) is 0 Å². The van der Waals surface area contributed by atoms with E-state index in [2.05, 4.69) is 167 Å². The van der Waals surface area contributed by atoms with Crippen molar-refractivity contribution < 1.29 is 0 Å². The fraction of sp³-hybridized carbons (Fsp3) is 0. The fourth-order valence-electron chi connectivity index (χ4n) is 7.68. The summed E-state index contributed by atoms with van der Waals surface area (Å²) in [6.07, 6.45) is 2.02. The van der Waals surface area contributed by atoms with Crippen molar-refractivity contribution in [3.63, 3.8) is 0 Å². The monoisotopic (exact) mass is 611 g/mol. The second kappa shape index (κ2) is 10.5. The van der Waals surface area contributed by atoms with Gasteiger partial charge in [-0.3, -0.25) is 4.90 Å². The van der Waals surface area contributed by atoms with Crippen LogP contribution in [0.15, 0.2) is 176 Å². The molecule has 0 atom stereocenters. The predicted octanol–water partition coefficient (Wildman–Crippen LogP) is 12.2. The van der Waals surface area contributed by atoms with Crippen molar-refractivity contribution in [1.82, 2.24) is 9.55 Å². The topological polar surface area (TPSA) is 21.1 Å². The van der Waals surface area contributed by atoms with Crippen LogP contribution in [0.5, 0.6) is 0 Å². The molecule has 224 valence electrons. The highest BCUT2D eigenvalue weighted by atomic mass is 15.2. The van der Waals surface area contributed by atoms with Crippen molar-refractivity contribution in [2.45, 2.75) is 0 Å². The molecule has 0 saturated heterocycles. The van der Waals surface area contributed by atoms with Crippen LogP contribution >= 0.6 is 0 Å². The molecule has 0 N–H and O–H groups in total. The number of para-hydroxylation sites is 4. The lowest BCUT2D eigenvalue weighted by Gasteiger charge is -2.24. The summed E-state index contributed by atoms with van der Waals surface area (Å²) in [5, 5.41) is 10.2. The molecule has 0 aliphatic heterocycles. The number of hydrogen-bond acceptors (Lipinski definition) is 2. The summed E-state index contributed by atoms with van der Waals surface area (Å²) < 4.78 is 2.41. The summed E-state index contributed by atoms with van der Waals surface area (Å²) in [6, 6.07) is 60.8. The van der Waals surface area contributed by atoms with Gasteiger partial charge in [0.2, 0.25) is 0 Å². The van der Waals surface area contributed by atoms with E-state index in [1.807, 2.05) is 18.3 Å². The summed E-state index contributed by atoms with van der Waals surface area (Å²) >= 11 is 0. The van der Waals surface area contributed by atoms with Crippen LogP contribution in [0.1, 0.15) is 0 Å². The van der Waals surface area contributed by atoms with Crippen molar-refractivity contribution in [2.75, 3.05) is 4.90 Å². The van der Waals surface area contributed by atoms with Crippen LogP contribution in [0.2, 0.25) is 0 Å². The predicted molar refractivity (Wildman–Crippen MR) is 202 cm³/mol. The zero-order valence-electron chi connectivity index (χ0n) is 26.1. The maximum absolute atomic E-state index is 5.05. The average molecular weight is 612 g/mol. The number of nitrogens with zero attached hydrogens (tertiary/aromatic N) is 3. The second-order valence-electron chi connectivity index (χ2n) is 12.4. The molecule has 48 heavy (non-hydrogen) atoms. The Balaban J connectivity index is 1.17. The highest BCUT2D eigenvalue weighted by Crippen LogP contribution is 2.45. The van der Waals surface area contributed by atoms with E-state index >= 15 is 0 Å². The van der Waals surface area contributed by atoms with Crippen molar-refractivity contribution in [1.29, 1.82) is 0 Å². The Hall–Kier alpha value is -6.45. The van der Waals surface area contributed by atoms with E-state index in [4.69, 9.17) is 4.98 Å². The number of aromatic nitrogens is 2. The Bertz CT molecular complexity index is 2710. The van der Waals surface area contributed by atoms with Crippen LogP contribution in [0.4, 0.5) is 17.2 Å². The van der Waals surface area contributed by atoms with Gasteiger partial charge in [-0.1, -0.05) is 109 Å². The normalized spacial score (nSPS) is 11.8. The number of benzene rings is 8. The molecule has 0 aliphatic carbocycles. The van der Waals surface area contributed by atoms with Crippen molar-refractivity contribution in [3.8, 4) is 16.8 Å². The van der Waals surface area contributed by atoms with E-state index in [0.717, 1.165) is 22.8 Å². The largest absolute Gasteiger partial charge is 0.309 e. The first-order valence-electron chi connectivity index (χ1n) is 16.4. The van der Waals surface area contributed by atoms with Gasteiger partial charge >= 0.3 is 0 Å². The second-order valence-corrected chi connectivity index (χ2v) is 12.4. The van der Waals surface area contributed by atoms with Gasteiger partial charge in [0.1, 0.15) is 5.82 Å². The Kier molecular flexibility index (Phi) is 5.87. The molecule has 3 heteroatoms. The fourth-order valence-corrected chi connectivity index (χ4v) is 7.68. The van der Waals surface area contributed by atoms with E-state index < -0.39 is 0 Å². The summed E-state index contributed by atoms with van der Waals surface area (Å²) in [6.45, 7) is 0. The third kappa shape index (κ3) is 3.98. The SMILES string of the molecule is c1ccc(N(c2ccccc2)c2ccc(-c3ccc4ccc5c6c(ccc3c46)cc3c5c4ccccc4n3-c3ccccc3)cn2)cc1. The molecule has 0 saturated carbocycles. The number of anilines is 3. The van der Waals surface area contributed by atoms with Crippen LogP contribution < -0.4 is 4.90 Å². The summed E-state index contributed by atoms with van der Waals surface area (Å²) in [7, 11) is 0. The number of rotatable bonds is 5. The molecule has 3 nitrogen and oxygen atoms in total. The molecule has 8 aromatic carbocycles. The van der Waals surface area contributed by atoms with Gasteiger partial charge < -0.3 is 4.57 Å². The smallest absolute Gasteiger partial charge is 0.137 e. The minimum Gasteiger partial charge on any atom is -0.309 e. The van der Waals surface area contributed by atoms with Crippen molar-refractivity contribution >= 4 is 71.3 Å². The molecular formula is C45H29N3. The van der Waals surface area contributed by atoms with E-state index in [1.165, 1.54) is 65.4 Å². The Morgan fingerprint density at radius 1 is 0.438 bits per heavy atom. The zero-order chi connectivity index (χ0) is 31.6. The number of hydrogen-bond donors (Lipinski definition) is 0. The average Bonchev–Trinajstić information content (AvgIpc) is 3.49. The van der Waals surface area contributed by atoms with Crippen molar-refractivity contribution in [3.05, 3.63) is 176 Å². The number of pyridine rings is 1. The summed E-state index contributed by atoms with van der Waals surface area (Å²) in [5.74, 6) is 0.881. The van der Waals surface area contributed by atoms with Crippen LogP contribution in [0.25, 0.3) is 70.9 Å². The lowest BCUT2D eigenvalue weighted by Crippen LogP contribution is -2.11. The van der Waals surface area contributed by atoms with E-state index in [1.54, 1.807) is 0 Å². The molecular weight excluding hydrogens is 583 g/mol. The van der Waals surface area contributed by atoms with Crippen LogP contribution in [0, 0.1) is 0 Å². The Morgan fingerprint density at radius 2 is 1.06 bits per heavy atom. The maximum Gasteiger partial charge on any atom is 0.137 e. The molecule has 0 spiro atoms. The van der Waals surface area contributed by atoms with Gasteiger partial charge in [-0.15, -0.1) is 0 Å². The maximum atomic E-state index is 5.05. The molecule has 0 radical (unpaired) electrons. The third-order valence-electron chi connectivity index (χ3n) is 9.75. The molecule has 2 aromatic heterocycles. The molecule has 10 rings (SSSR count). The molecule has 0 fully saturated rings. The number of fused-ring (bicyclic) bond motifs is 4. The quantitative estimate of drug-likeness (QED) is 0.181. The van der Waals surface area contributed by atoms with E-state index in [9.17, 15) is 0 Å². The summed E-state index contributed by atoms with van der Waals surface area (Å²) in [4.78, 5) is 7.25. The minimum atomic E-state index is 0.881. The van der Waals surface area contributed by atoms with Crippen LogP contribution in [-0.2, 0) is 0 Å². The van der Waals surface area contributed by atoms with Gasteiger partial charge in [0.25, 0.3) is 0 Å². The molecule has 2 heterocycles. The Morgan fingerprint density at radius 3 is 1.79 bits per heavy atom. The highest BCUT2D eigenvalue weighted by molar-refractivity contribution is 6.34. The molecule has 0 bridgehead atoms.